The summed E-state index contributed by atoms with van der Waals surface area (Å²) < 4.78 is 20.0. The van der Waals surface area contributed by atoms with Crippen LogP contribution in [0, 0.1) is 5.82 Å². The Labute approximate surface area is 153 Å². The summed E-state index contributed by atoms with van der Waals surface area (Å²) in [5, 5.41) is 6.98. The van der Waals surface area contributed by atoms with E-state index in [1.54, 1.807) is 24.3 Å². The molecular weight excluding hydrogens is 353 g/mol. The van der Waals surface area contributed by atoms with Crippen molar-refractivity contribution in [3.05, 3.63) is 70.3 Å². The number of anilines is 1. The lowest BCUT2D eigenvalue weighted by atomic mass is 10.2. The first-order chi connectivity index (χ1) is 13.0. The highest BCUT2D eigenvalue weighted by Gasteiger charge is 2.13. The van der Waals surface area contributed by atoms with E-state index in [9.17, 15) is 18.8 Å². The highest BCUT2D eigenvalue weighted by molar-refractivity contribution is 5.94. The smallest absolute Gasteiger partial charge is 0.337 e. The second-order valence-electron chi connectivity index (χ2n) is 5.73. The Balaban J connectivity index is 1.74. The predicted molar refractivity (Wildman–Crippen MR) is 97.0 cm³/mol. The van der Waals surface area contributed by atoms with Crippen LogP contribution in [0.3, 0.4) is 0 Å². The molecule has 7 nitrogen and oxygen atoms in total. The summed E-state index contributed by atoms with van der Waals surface area (Å²) in [7, 11) is 1.21. The van der Waals surface area contributed by atoms with Crippen LogP contribution in [0.25, 0.3) is 10.9 Å². The van der Waals surface area contributed by atoms with Gasteiger partial charge in [0, 0.05) is 11.8 Å². The quantitative estimate of drug-likeness (QED) is 0.697. The molecule has 0 saturated heterocycles. The third kappa shape index (κ3) is 4.00. The van der Waals surface area contributed by atoms with Gasteiger partial charge in [-0.1, -0.05) is 12.1 Å². The lowest BCUT2D eigenvalue weighted by Crippen LogP contribution is -2.18. The number of hydrogen-bond acceptors (Lipinski definition) is 5. The summed E-state index contributed by atoms with van der Waals surface area (Å²) in [5.74, 6) is -1.75. The number of nitrogens with zero attached hydrogens (tertiary/aromatic N) is 2. The third-order valence-electron chi connectivity index (χ3n) is 3.97. The van der Waals surface area contributed by atoms with E-state index in [2.05, 4.69) is 15.2 Å². The van der Waals surface area contributed by atoms with Crippen LogP contribution < -0.4 is 10.7 Å². The molecule has 0 saturated carbocycles. The Bertz CT molecular complexity index is 1080. The SMILES string of the molecule is COC(=O)c1ccc(F)c(NC(=O)CCn2ncc(=O)c3ccccc32)c1. The molecule has 0 spiro atoms. The minimum atomic E-state index is -0.664. The maximum Gasteiger partial charge on any atom is 0.337 e. The van der Waals surface area contributed by atoms with Gasteiger partial charge in [0.25, 0.3) is 0 Å². The number of nitrogens with one attached hydrogen (secondary N) is 1. The van der Waals surface area contributed by atoms with Crippen LogP contribution in [0.5, 0.6) is 0 Å². The van der Waals surface area contributed by atoms with Crippen LogP contribution in [0.1, 0.15) is 16.8 Å². The number of hydrogen-bond donors (Lipinski definition) is 1. The first-order valence-electron chi connectivity index (χ1n) is 8.12. The average Bonchev–Trinajstić information content (AvgIpc) is 2.69. The van der Waals surface area contributed by atoms with Crippen molar-refractivity contribution in [1.29, 1.82) is 0 Å². The van der Waals surface area contributed by atoms with Gasteiger partial charge in [0.2, 0.25) is 11.3 Å². The van der Waals surface area contributed by atoms with Gasteiger partial charge < -0.3 is 10.1 Å². The molecular formula is C19H16FN3O4. The zero-order valence-corrected chi connectivity index (χ0v) is 14.4. The normalized spacial score (nSPS) is 10.6. The number of halogens is 1. The number of esters is 1. The molecule has 0 aliphatic carbocycles. The van der Waals surface area contributed by atoms with Gasteiger partial charge in [0.15, 0.2) is 0 Å². The largest absolute Gasteiger partial charge is 0.465 e. The Kier molecular flexibility index (Phi) is 5.25. The number of aryl methyl sites for hydroxylation is 1. The lowest BCUT2D eigenvalue weighted by Gasteiger charge is -2.10. The number of carbonyl (C=O) groups excluding carboxylic acids is 2. The summed E-state index contributed by atoms with van der Waals surface area (Å²) in [5.41, 5.74) is 0.424. The molecule has 0 atom stereocenters. The fourth-order valence-electron chi connectivity index (χ4n) is 2.63. The maximum atomic E-state index is 13.9. The third-order valence-corrected chi connectivity index (χ3v) is 3.97. The number of methoxy groups -OCH3 is 1. The molecule has 1 amide bonds. The average molecular weight is 369 g/mol. The van der Waals surface area contributed by atoms with Gasteiger partial charge in [-0.05, 0) is 30.3 Å². The number of ether oxygens (including phenoxy) is 1. The fourth-order valence-corrected chi connectivity index (χ4v) is 2.63. The van der Waals surface area contributed by atoms with Gasteiger partial charge in [0.05, 0.1) is 36.6 Å². The molecule has 1 heterocycles. The molecule has 27 heavy (non-hydrogen) atoms. The molecule has 138 valence electrons. The van der Waals surface area contributed by atoms with E-state index in [4.69, 9.17) is 0 Å². The van der Waals surface area contributed by atoms with Gasteiger partial charge in [-0.3, -0.25) is 14.3 Å². The highest BCUT2D eigenvalue weighted by atomic mass is 19.1. The summed E-state index contributed by atoms with van der Waals surface area (Å²) in [4.78, 5) is 35.6. The van der Waals surface area contributed by atoms with Crippen LogP contribution in [-0.2, 0) is 16.1 Å². The van der Waals surface area contributed by atoms with Gasteiger partial charge in [0.1, 0.15) is 5.82 Å². The molecule has 8 heteroatoms. The standard InChI is InChI=1S/C19H16FN3O4/c1-27-19(26)12-6-7-14(20)15(10-12)22-18(25)8-9-23-16-5-3-2-4-13(16)17(24)11-21-23/h2-7,10-11H,8-9H2,1H3,(H,22,25). The zero-order valence-electron chi connectivity index (χ0n) is 14.4. The number of benzene rings is 2. The number of carbonyl (C=O) groups is 2. The first-order valence-corrected chi connectivity index (χ1v) is 8.12. The van der Waals surface area contributed by atoms with E-state index in [1.165, 1.54) is 30.1 Å². The van der Waals surface area contributed by atoms with Crippen LogP contribution in [-0.4, -0.2) is 28.8 Å². The van der Waals surface area contributed by atoms with Crippen molar-refractivity contribution in [1.82, 2.24) is 9.78 Å². The minimum Gasteiger partial charge on any atom is -0.465 e. The topological polar surface area (TPSA) is 90.3 Å². The number of aromatic nitrogens is 2. The van der Waals surface area contributed by atoms with E-state index in [0.29, 0.717) is 10.9 Å². The van der Waals surface area contributed by atoms with Crippen molar-refractivity contribution in [3.63, 3.8) is 0 Å². The molecule has 0 unspecified atom stereocenters. The molecule has 3 aromatic rings. The minimum absolute atomic E-state index is 0.00174. The zero-order chi connectivity index (χ0) is 19.4. The highest BCUT2D eigenvalue weighted by Crippen LogP contribution is 2.17. The monoisotopic (exact) mass is 369 g/mol. The van der Waals surface area contributed by atoms with Gasteiger partial charge in [-0.2, -0.15) is 5.10 Å². The predicted octanol–water partition coefficient (Wildman–Crippen LogP) is 2.35. The Morgan fingerprint density at radius 1 is 1.22 bits per heavy atom. The van der Waals surface area contributed by atoms with Crippen molar-refractivity contribution >= 4 is 28.5 Å². The first kappa shape index (κ1) is 18.2. The van der Waals surface area contributed by atoms with Crippen LogP contribution in [0.15, 0.2) is 53.5 Å². The van der Waals surface area contributed by atoms with E-state index < -0.39 is 17.7 Å². The molecule has 3 rings (SSSR count). The summed E-state index contributed by atoms with van der Waals surface area (Å²) >= 11 is 0. The molecule has 1 aromatic heterocycles. The number of amides is 1. The second-order valence-corrected chi connectivity index (χ2v) is 5.73. The van der Waals surface area contributed by atoms with E-state index >= 15 is 0 Å². The van der Waals surface area contributed by atoms with E-state index in [-0.39, 0.29) is 29.6 Å². The Hall–Kier alpha value is -3.55. The van der Waals surface area contributed by atoms with Crippen molar-refractivity contribution in [2.24, 2.45) is 0 Å². The van der Waals surface area contributed by atoms with Crippen molar-refractivity contribution in [3.8, 4) is 0 Å². The van der Waals surface area contributed by atoms with E-state index in [1.807, 2.05) is 0 Å². The Morgan fingerprint density at radius 3 is 2.78 bits per heavy atom. The van der Waals surface area contributed by atoms with Crippen LogP contribution >= 0.6 is 0 Å². The molecule has 0 fully saturated rings. The fraction of sp³-hybridized carbons (Fsp3) is 0.158. The van der Waals surface area contributed by atoms with Gasteiger partial charge >= 0.3 is 5.97 Å². The summed E-state index contributed by atoms with van der Waals surface area (Å²) in [6.07, 6.45) is 1.20. The van der Waals surface area contributed by atoms with Crippen LogP contribution in [0.2, 0.25) is 0 Å². The van der Waals surface area contributed by atoms with Gasteiger partial charge in [-0.15, -0.1) is 0 Å². The molecule has 0 aliphatic heterocycles. The van der Waals surface area contributed by atoms with Gasteiger partial charge in [-0.25, -0.2) is 9.18 Å². The summed E-state index contributed by atoms with van der Waals surface area (Å²) in [6.45, 7) is 0.199. The van der Waals surface area contributed by atoms with Crippen molar-refractivity contribution < 1.29 is 18.7 Å². The molecule has 2 aromatic carbocycles. The maximum absolute atomic E-state index is 13.9. The Morgan fingerprint density at radius 2 is 2.00 bits per heavy atom. The second kappa shape index (κ2) is 7.77. The molecule has 0 bridgehead atoms. The molecule has 1 N–H and O–H groups in total. The number of rotatable bonds is 5. The summed E-state index contributed by atoms with van der Waals surface area (Å²) in [6, 6.07) is 10.5. The van der Waals surface area contributed by atoms with Crippen molar-refractivity contribution in [2.75, 3.05) is 12.4 Å². The number of para-hydroxylation sites is 1. The van der Waals surface area contributed by atoms with Crippen molar-refractivity contribution in [2.45, 2.75) is 13.0 Å². The molecule has 0 aliphatic rings. The lowest BCUT2D eigenvalue weighted by molar-refractivity contribution is -0.116. The molecule has 0 radical (unpaired) electrons. The van der Waals surface area contributed by atoms with Crippen LogP contribution in [0.4, 0.5) is 10.1 Å². The number of fused-ring (bicyclic) bond motifs is 1. The van der Waals surface area contributed by atoms with E-state index in [0.717, 1.165) is 6.07 Å².